The monoisotopic (exact) mass is 418 g/mol. The molecule has 0 aromatic heterocycles. The number of carbonyl (C=O) groups is 1. The van der Waals surface area contributed by atoms with Gasteiger partial charge in [0.25, 0.3) is 5.91 Å². The standard InChI is InChI=1S/C24H22N2O3S/c1-18-12-14-20(15-13-18)30(28,29)26-17-7-16-25-23(27)21-10-5-6-11-22(21)24(25,26)19-8-3-2-4-9-19/h2-6,8-15H,7,16-17H2,1H3. The fourth-order valence-corrected chi connectivity index (χ4v) is 6.49. The van der Waals surface area contributed by atoms with Crippen LogP contribution in [-0.4, -0.2) is 36.6 Å². The van der Waals surface area contributed by atoms with Crippen LogP contribution in [0.25, 0.3) is 0 Å². The number of hydrogen-bond acceptors (Lipinski definition) is 3. The Hall–Kier alpha value is -2.96. The van der Waals surface area contributed by atoms with E-state index >= 15 is 0 Å². The highest BCUT2D eigenvalue weighted by Crippen LogP contribution is 2.50. The van der Waals surface area contributed by atoms with Crippen LogP contribution < -0.4 is 0 Å². The highest BCUT2D eigenvalue weighted by Gasteiger charge is 2.59. The summed E-state index contributed by atoms with van der Waals surface area (Å²) in [4.78, 5) is 15.3. The Labute approximate surface area is 176 Å². The zero-order chi connectivity index (χ0) is 20.9. The Kier molecular flexibility index (Phi) is 4.31. The molecule has 1 fully saturated rings. The maximum Gasteiger partial charge on any atom is 0.256 e. The number of rotatable bonds is 3. The average molecular weight is 419 g/mol. The minimum atomic E-state index is -3.87. The van der Waals surface area contributed by atoms with E-state index in [1.807, 2.05) is 55.5 Å². The molecule has 5 rings (SSSR count). The number of hydrogen-bond donors (Lipinski definition) is 0. The van der Waals surface area contributed by atoms with E-state index in [0.29, 0.717) is 25.1 Å². The zero-order valence-corrected chi connectivity index (χ0v) is 17.5. The summed E-state index contributed by atoms with van der Waals surface area (Å²) in [5.74, 6) is -0.127. The van der Waals surface area contributed by atoms with Gasteiger partial charge in [0.1, 0.15) is 0 Å². The van der Waals surface area contributed by atoms with E-state index in [4.69, 9.17) is 0 Å². The maximum atomic E-state index is 13.9. The summed E-state index contributed by atoms with van der Waals surface area (Å²) in [6.45, 7) is 2.77. The molecule has 2 aliphatic heterocycles. The second-order valence-electron chi connectivity index (χ2n) is 7.78. The Balaban J connectivity index is 1.81. The van der Waals surface area contributed by atoms with Crippen molar-refractivity contribution < 1.29 is 13.2 Å². The molecule has 1 atom stereocenters. The quantitative estimate of drug-likeness (QED) is 0.651. The Morgan fingerprint density at radius 2 is 1.50 bits per heavy atom. The lowest BCUT2D eigenvalue weighted by Gasteiger charge is -2.50. The molecular formula is C24H22N2O3S. The van der Waals surface area contributed by atoms with Crippen LogP contribution in [0.15, 0.2) is 83.8 Å². The van der Waals surface area contributed by atoms with Crippen molar-refractivity contribution in [3.05, 3.63) is 101 Å². The number of sulfonamides is 1. The van der Waals surface area contributed by atoms with Crippen LogP contribution in [0.4, 0.5) is 0 Å². The summed E-state index contributed by atoms with van der Waals surface area (Å²) in [7, 11) is -3.87. The molecule has 3 aromatic rings. The molecule has 6 heteroatoms. The van der Waals surface area contributed by atoms with Gasteiger partial charge in [-0.2, -0.15) is 4.31 Å². The van der Waals surface area contributed by atoms with E-state index in [-0.39, 0.29) is 10.8 Å². The van der Waals surface area contributed by atoms with Gasteiger partial charge in [-0.05, 0) is 37.1 Å². The van der Waals surface area contributed by atoms with Gasteiger partial charge in [-0.3, -0.25) is 4.79 Å². The first-order chi connectivity index (χ1) is 14.5. The smallest absolute Gasteiger partial charge is 0.256 e. The van der Waals surface area contributed by atoms with Gasteiger partial charge in [0, 0.05) is 24.2 Å². The van der Waals surface area contributed by atoms with Crippen molar-refractivity contribution in [2.45, 2.75) is 23.9 Å². The summed E-state index contributed by atoms with van der Waals surface area (Å²) < 4.78 is 29.4. The molecule has 30 heavy (non-hydrogen) atoms. The Bertz CT molecular complexity index is 1220. The van der Waals surface area contributed by atoms with Crippen LogP contribution in [0.5, 0.6) is 0 Å². The van der Waals surface area contributed by atoms with Gasteiger partial charge in [0.2, 0.25) is 10.0 Å². The first-order valence-corrected chi connectivity index (χ1v) is 11.5. The molecule has 152 valence electrons. The third-order valence-corrected chi connectivity index (χ3v) is 7.95. The van der Waals surface area contributed by atoms with Crippen LogP contribution in [0.2, 0.25) is 0 Å². The molecule has 1 amide bonds. The number of amides is 1. The predicted octanol–water partition coefficient (Wildman–Crippen LogP) is 3.75. The van der Waals surface area contributed by atoms with Crippen LogP contribution in [0.3, 0.4) is 0 Å². The van der Waals surface area contributed by atoms with Crippen molar-refractivity contribution in [2.75, 3.05) is 13.1 Å². The first kappa shape index (κ1) is 19.0. The lowest BCUT2D eigenvalue weighted by molar-refractivity contribution is 0.00775. The molecule has 0 spiro atoms. The molecule has 5 nitrogen and oxygen atoms in total. The molecule has 0 N–H and O–H groups in total. The van der Waals surface area contributed by atoms with Crippen LogP contribution in [0.1, 0.15) is 33.5 Å². The molecule has 0 saturated carbocycles. The summed E-state index contributed by atoms with van der Waals surface area (Å²) in [6, 6.07) is 23.7. The van der Waals surface area contributed by atoms with E-state index in [1.54, 1.807) is 35.2 Å². The van der Waals surface area contributed by atoms with Crippen molar-refractivity contribution in [1.82, 2.24) is 9.21 Å². The fourth-order valence-electron chi connectivity index (χ4n) is 4.74. The lowest BCUT2D eigenvalue weighted by atomic mass is 9.89. The predicted molar refractivity (Wildman–Crippen MR) is 114 cm³/mol. The Morgan fingerprint density at radius 3 is 2.23 bits per heavy atom. The van der Waals surface area contributed by atoms with Crippen LogP contribution in [-0.2, 0) is 15.7 Å². The van der Waals surface area contributed by atoms with Crippen LogP contribution >= 0.6 is 0 Å². The molecule has 2 heterocycles. The van der Waals surface area contributed by atoms with Crippen molar-refractivity contribution in [3.8, 4) is 0 Å². The molecule has 1 saturated heterocycles. The lowest BCUT2D eigenvalue weighted by Crippen LogP contribution is -2.62. The van der Waals surface area contributed by atoms with E-state index in [9.17, 15) is 13.2 Å². The van der Waals surface area contributed by atoms with E-state index in [0.717, 1.165) is 16.7 Å². The van der Waals surface area contributed by atoms with E-state index < -0.39 is 15.7 Å². The zero-order valence-electron chi connectivity index (χ0n) is 16.7. The van der Waals surface area contributed by atoms with Crippen molar-refractivity contribution in [3.63, 3.8) is 0 Å². The molecule has 2 aliphatic rings. The molecule has 3 aromatic carbocycles. The molecule has 1 unspecified atom stereocenters. The number of fused-ring (bicyclic) bond motifs is 3. The van der Waals surface area contributed by atoms with Gasteiger partial charge in [-0.15, -0.1) is 0 Å². The third kappa shape index (κ3) is 2.50. The van der Waals surface area contributed by atoms with Gasteiger partial charge in [0.05, 0.1) is 4.90 Å². The molecular weight excluding hydrogens is 396 g/mol. The van der Waals surface area contributed by atoms with E-state index in [2.05, 4.69) is 0 Å². The Morgan fingerprint density at radius 1 is 0.833 bits per heavy atom. The molecule has 0 bridgehead atoms. The van der Waals surface area contributed by atoms with Gasteiger partial charge in [-0.25, -0.2) is 8.42 Å². The first-order valence-electron chi connectivity index (χ1n) is 10.0. The third-order valence-electron chi connectivity index (χ3n) is 6.06. The van der Waals surface area contributed by atoms with Crippen molar-refractivity contribution in [1.29, 1.82) is 0 Å². The van der Waals surface area contributed by atoms with Gasteiger partial charge in [-0.1, -0.05) is 66.2 Å². The SMILES string of the molecule is Cc1ccc(S(=O)(=O)N2CCCN3C(=O)c4ccccc4C32c2ccccc2)cc1. The normalized spacial score (nSPS) is 21.4. The fraction of sp³-hybridized carbons (Fsp3) is 0.208. The van der Waals surface area contributed by atoms with Gasteiger partial charge >= 0.3 is 0 Å². The average Bonchev–Trinajstić information content (AvgIpc) is 3.04. The second kappa shape index (κ2) is 6.79. The molecule has 0 radical (unpaired) electrons. The number of nitrogens with zero attached hydrogens (tertiary/aromatic N) is 2. The van der Waals surface area contributed by atoms with Crippen LogP contribution in [0, 0.1) is 6.92 Å². The topological polar surface area (TPSA) is 57.7 Å². The summed E-state index contributed by atoms with van der Waals surface area (Å²) in [5, 5.41) is 0. The highest BCUT2D eigenvalue weighted by atomic mass is 32.2. The number of carbonyl (C=O) groups excluding carboxylic acids is 1. The molecule has 0 aliphatic carbocycles. The summed E-state index contributed by atoms with van der Waals surface area (Å²) >= 11 is 0. The van der Waals surface area contributed by atoms with Crippen molar-refractivity contribution in [2.24, 2.45) is 0 Å². The summed E-state index contributed by atoms with van der Waals surface area (Å²) in [6.07, 6.45) is 0.583. The highest BCUT2D eigenvalue weighted by molar-refractivity contribution is 7.89. The number of benzene rings is 3. The minimum Gasteiger partial charge on any atom is -0.311 e. The van der Waals surface area contributed by atoms with Crippen molar-refractivity contribution >= 4 is 15.9 Å². The minimum absolute atomic E-state index is 0.127. The van der Waals surface area contributed by atoms with Gasteiger partial charge in [0.15, 0.2) is 5.66 Å². The largest absolute Gasteiger partial charge is 0.311 e. The van der Waals surface area contributed by atoms with E-state index in [1.165, 1.54) is 4.31 Å². The summed E-state index contributed by atoms with van der Waals surface area (Å²) in [5.41, 5.74) is 1.87. The second-order valence-corrected chi connectivity index (χ2v) is 9.65. The maximum absolute atomic E-state index is 13.9. The number of aryl methyl sites for hydroxylation is 1. The van der Waals surface area contributed by atoms with Gasteiger partial charge < -0.3 is 4.90 Å².